The molecule has 0 radical (unpaired) electrons. The fourth-order valence-corrected chi connectivity index (χ4v) is 3.38. The molecule has 0 unspecified atom stereocenters. The van der Waals surface area contributed by atoms with Crippen molar-refractivity contribution in [1.29, 1.82) is 0 Å². The Morgan fingerprint density at radius 1 is 1.13 bits per heavy atom. The first-order chi connectivity index (χ1) is 11.1. The van der Waals surface area contributed by atoms with Gasteiger partial charge in [0.2, 0.25) is 0 Å². The number of carbonyl (C=O) groups is 2. The van der Waals surface area contributed by atoms with E-state index in [2.05, 4.69) is 0 Å². The zero-order chi connectivity index (χ0) is 16.4. The Kier molecular flexibility index (Phi) is 4.43. The SMILES string of the molecule is CC(=O)c1ccc(N2CCN(C(=O)c3cccs3)CC2)c(F)c1. The molecule has 1 aliphatic heterocycles. The topological polar surface area (TPSA) is 40.6 Å². The van der Waals surface area contributed by atoms with Crippen molar-refractivity contribution in [1.82, 2.24) is 4.90 Å². The van der Waals surface area contributed by atoms with Gasteiger partial charge in [-0.05, 0) is 36.6 Å². The van der Waals surface area contributed by atoms with Crippen molar-refractivity contribution in [2.45, 2.75) is 6.92 Å². The smallest absolute Gasteiger partial charge is 0.264 e. The molecular formula is C17H17FN2O2S. The summed E-state index contributed by atoms with van der Waals surface area (Å²) < 4.78 is 14.2. The van der Waals surface area contributed by atoms with E-state index in [1.807, 2.05) is 22.4 Å². The highest BCUT2D eigenvalue weighted by molar-refractivity contribution is 7.12. The van der Waals surface area contributed by atoms with Crippen LogP contribution in [0.25, 0.3) is 0 Å². The van der Waals surface area contributed by atoms with Gasteiger partial charge < -0.3 is 9.80 Å². The summed E-state index contributed by atoms with van der Waals surface area (Å²) in [7, 11) is 0. The molecule has 0 saturated carbocycles. The Hall–Kier alpha value is -2.21. The van der Waals surface area contributed by atoms with E-state index >= 15 is 0 Å². The Morgan fingerprint density at radius 2 is 1.87 bits per heavy atom. The predicted octanol–water partition coefficient (Wildman–Crippen LogP) is 3.05. The van der Waals surface area contributed by atoms with Gasteiger partial charge in [0.1, 0.15) is 5.82 Å². The summed E-state index contributed by atoms with van der Waals surface area (Å²) >= 11 is 1.43. The van der Waals surface area contributed by atoms with Gasteiger partial charge >= 0.3 is 0 Å². The fourth-order valence-electron chi connectivity index (χ4n) is 2.69. The molecular weight excluding hydrogens is 315 g/mol. The van der Waals surface area contributed by atoms with Crippen LogP contribution in [0.15, 0.2) is 35.7 Å². The highest BCUT2D eigenvalue weighted by atomic mass is 32.1. The van der Waals surface area contributed by atoms with Crippen molar-refractivity contribution in [2.24, 2.45) is 0 Å². The molecule has 1 aromatic heterocycles. The summed E-state index contributed by atoms with van der Waals surface area (Å²) in [5.74, 6) is -0.510. The second kappa shape index (κ2) is 6.50. The molecule has 2 heterocycles. The van der Waals surface area contributed by atoms with Crippen molar-refractivity contribution in [3.05, 3.63) is 52.0 Å². The highest BCUT2D eigenvalue weighted by Crippen LogP contribution is 2.23. The van der Waals surface area contributed by atoms with Crippen molar-refractivity contribution < 1.29 is 14.0 Å². The van der Waals surface area contributed by atoms with Gasteiger partial charge in [-0.25, -0.2) is 4.39 Å². The van der Waals surface area contributed by atoms with Gasteiger partial charge in [0, 0.05) is 31.7 Å². The molecule has 3 rings (SSSR count). The van der Waals surface area contributed by atoms with Crippen molar-refractivity contribution >= 4 is 28.7 Å². The largest absolute Gasteiger partial charge is 0.366 e. The zero-order valence-corrected chi connectivity index (χ0v) is 13.6. The van der Waals surface area contributed by atoms with Crippen LogP contribution in [0, 0.1) is 5.82 Å². The second-order valence-electron chi connectivity index (χ2n) is 5.48. The molecule has 1 amide bonds. The van der Waals surface area contributed by atoms with Crippen LogP contribution in [0.4, 0.5) is 10.1 Å². The monoisotopic (exact) mass is 332 g/mol. The van der Waals surface area contributed by atoms with Gasteiger partial charge in [-0.15, -0.1) is 11.3 Å². The van der Waals surface area contributed by atoms with Crippen LogP contribution in [-0.2, 0) is 0 Å². The normalized spacial score (nSPS) is 14.9. The number of amides is 1. The summed E-state index contributed by atoms with van der Waals surface area (Å²) in [6.07, 6.45) is 0. The quantitative estimate of drug-likeness (QED) is 0.811. The van der Waals surface area contributed by atoms with Crippen LogP contribution >= 0.6 is 11.3 Å². The van der Waals surface area contributed by atoms with Gasteiger partial charge in [0.15, 0.2) is 5.78 Å². The van der Waals surface area contributed by atoms with Gasteiger partial charge in [-0.3, -0.25) is 9.59 Å². The summed E-state index contributed by atoms with van der Waals surface area (Å²) in [6.45, 7) is 3.69. The molecule has 0 atom stereocenters. The molecule has 0 bridgehead atoms. The average Bonchev–Trinajstić information content (AvgIpc) is 3.08. The first-order valence-corrected chi connectivity index (χ1v) is 8.32. The summed E-state index contributed by atoms with van der Waals surface area (Å²) in [5, 5.41) is 1.88. The lowest BCUT2D eigenvalue weighted by molar-refractivity contribution is 0.0751. The lowest BCUT2D eigenvalue weighted by Gasteiger charge is -2.36. The molecule has 4 nitrogen and oxygen atoms in total. The van der Waals surface area contributed by atoms with Crippen LogP contribution in [0.2, 0.25) is 0 Å². The number of piperazine rings is 1. The number of benzene rings is 1. The molecule has 0 N–H and O–H groups in total. The maximum Gasteiger partial charge on any atom is 0.264 e. The van der Waals surface area contributed by atoms with Crippen LogP contribution in [-0.4, -0.2) is 42.8 Å². The van der Waals surface area contributed by atoms with Crippen molar-refractivity contribution in [2.75, 3.05) is 31.1 Å². The number of anilines is 1. The summed E-state index contributed by atoms with van der Waals surface area (Å²) in [5.41, 5.74) is 0.857. The van der Waals surface area contributed by atoms with E-state index in [4.69, 9.17) is 0 Å². The first-order valence-electron chi connectivity index (χ1n) is 7.44. The second-order valence-corrected chi connectivity index (χ2v) is 6.43. The third-order valence-electron chi connectivity index (χ3n) is 3.99. The predicted molar refractivity (Wildman–Crippen MR) is 88.8 cm³/mol. The van der Waals surface area contributed by atoms with E-state index in [1.165, 1.54) is 24.3 Å². The molecule has 0 spiro atoms. The Morgan fingerprint density at radius 3 is 2.43 bits per heavy atom. The van der Waals surface area contributed by atoms with Crippen LogP contribution in [0.5, 0.6) is 0 Å². The first kappa shape index (κ1) is 15.7. The van der Waals surface area contributed by atoms with E-state index < -0.39 is 5.82 Å². The minimum Gasteiger partial charge on any atom is -0.366 e. The molecule has 23 heavy (non-hydrogen) atoms. The number of hydrogen-bond acceptors (Lipinski definition) is 4. The zero-order valence-electron chi connectivity index (χ0n) is 12.8. The van der Waals surface area contributed by atoms with Crippen LogP contribution in [0.1, 0.15) is 27.0 Å². The lowest BCUT2D eigenvalue weighted by Crippen LogP contribution is -2.48. The molecule has 1 saturated heterocycles. The average molecular weight is 332 g/mol. The number of hydrogen-bond donors (Lipinski definition) is 0. The molecule has 0 aliphatic carbocycles. The maximum absolute atomic E-state index is 14.2. The van der Waals surface area contributed by atoms with Crippen LogP contribution in [0.3, 0.4) is 0 Å². The van der Waals surface area contributed by atoms with Gasteiger partial charge in [0.05, 0.1) is 10.6 Å². The third kappa shape index (κ3) is 3.27. The summed E-state index contributed by atoms with van der Waals surface area (Å²) in [6, 6.07) is 8.24. The lowest BCUT2D eigenvalue weighted by atomic mass is 10.1. The molecule has 6 heteroatoms. The minimum absolute atomic E-state index is 0.0343. The van der Waals surface area contributed by atoms with E-state index in [1.54, 1.807) is 17.0 Å². The molecule has 120 valence electrons. The van der Waals surface area contributed by atoms with Crippen molar-refractivity contribution in [3.8, 4) is 0 Å². The van der Waals surface area contributed by atoms with Gasteiger partial charge in [-0.1, -0.05) is 6.07 Å². The van der Waals surface area contributed by atoms with E-state index in [9.17, 15) is 14.0 Å². The number of halogens is 1. The van der Waals surface area contributed by atoms with E-state index in [0.717, 1.165) is 4.88 Å². The molecule has 1 aliphatic rings. The number of nitrogens with zero attached hydrogens (tertiary/aromatic N) is 2. The molecule has 1 fully saturated rings. The molecule has 2 aromatic rings. The van der Waals surface area contributed by atoms with Crippen LogP contribution < -0.4 is 4.90 Å². The maximum atomic E-state index is 14.2. The Balaban J connectivity index is 1.67. The van der Waals surface area contributed by atoms with Gasteiger partial charge in [0.25, 0.3) is 5.91 Å². The highest BCUT2D eigenvalue weighted by Gasteiger charge is 2.24. The number of rotatable bonds is 3. The Bertz CT molecular complexity index is 722. The third-order valence-corrected chi connectivity index (χ3v) is 4.85. The van der Waals surface area contributed by atoms with E-state index in [0.29, 0.717) is 37.4 Å². The van der Waals surface area contributed by atoms with E-state index in [-0.39, 0.29) is 11.7 Å². The number of carbonyl (C=O) groups excluding carboxylic acids is 2. The van der Waals surface area contributed by atoms with Gasteiger partial charge in [-0.2, -0.15) is 0 Å². The number of thiophene rings is 1. The fraction of sp³-hybridized carbons (Fsp3) is 0.294. The minimum atomic E-state index is -0.393. The van der Waals surface area contributed by atoms with Crippen molar-refractivity contribution in [3.63, 3.8) is 0 Å². The standard InChI is InChI=1S/C17H17FN2O2S/c1-12(21)13-4-5-15(14(18)11-13)19-6-8-20(9-7-19)17(22)16-3-2-10-23-16/h2-5,10-11H,6-9H2,1H3. The Labute approximate surface area is 138 Å². The number of Topliss-reactive ketones (excluding diaryl/α,β-unsaturated/α-hetero) is 1. The molecule has 1 aromatic carbocycles. The summed E-state index contributed by atoms with van der Waals surface area (Å²) in [4.78, 5) is 28.0. The number of ketones is 1.